The lowest BCUT2D eigenvalue weighted by atomic mass is 9.95. The number of nitrogens with one attached hydrogen (secondary N) is 2. The first-order chi connectivity index (χ1) is 16.0. The third kappa shape index (κ3) is 5.20. The van der Waals surface area contributed by atoms with Crippen molar-refractivity contribution in [3.63, 3.8) is 0 Å². The lowest BCUT2D eigenvalue weighted by Gasteiger charge is -2.29. The van der Waals surface area contributed by atoms with Crippen LogP contribution in [0.3, 0.4) is 0 Å². The number of hydrogen-bond donors (Lipinski definition) is 2. The Morgan fingerprint density at radius 2 is 1.82 bits per heavy atom. The van der Waals surface area contributed by atoms with Gasteiger partial charge in [-0.25, -0.2) is 14.6 Å². The smallest absolute Gasteiger partial charge is 0.338 e. The highest BCUT2D eigenvalue weighted by atomic mass is 16.5. The van der Waals surface area contributed by atoms with Crippen molar-refractivity contribution in [2.75, 3.05) is 13.2 Å². The Balaban J connectivity index is 1.47. The first-order valence-electron chi connectivity index (χ1n) is 10.6. The predicted octanol–water partition coefficient (Wildman–Crippen LogP) is 3.17. The minimum Gasteiger partial charge on any atom is -0.463 e. The third-order valence-corrected chi connectivity index (χ3v) is 5.04. The number of aromatic nitrogens is 1. The van der Waals surface area contributed by atoms with Crippen molar-refractivity contribution in [3.8, 4) is 0 Å². The first kappa shape index (κ1) is 22.1. The molecule has 4 rings (SSSR count). The highest BCUT2D eigenvalue weighted by Gasteiger charge is 2.34. The summed E-state index contributed by atoms with van der Waals surface area (Å²) >= 11 is 0. The molecule has 1 aromatic heterocycles. The molecule has 0 saturated heterocycles. The average molecular weight is 449 g/mol. The van der Waals surface area contributed by atoms with Gasteiger partial charge in [0.25, 0.3) is 0 Å². The SMILES string of the molecule is CCOC(=O)C1=C(COC(=O)CCc2nc3ccccc3o2)NC(=O)N[C@@H]1c1ccccc1. The normalized spacial score (nSPS) is 15.7. The van der Waals surface area contributed by atoms with Gasteiger partial charge in [0.1, 0.15) is 12.1 Å². The van der Waals surface area contributed by atoms with E-state index in [-0.39, 0.29) is 37.3 Å². The van der Waals surface area contributed by atoms with Crippen LogP contribution < -0.4 is 10.6 Å². The van der Waals surface area contributed by atoms with Gasteiger partial charge in [0.05, 0.1) is 30.3 Å². The Morgan fingerprint density at radius 3 is 2.58 bits per heavy atom. The maximum atomic E-state index is 12.7. The van der Waals surface area contributed by atoms with Crippen LogP contribution in [0, 0.1) is 0 Å². The molecule has 0 unspecified atom stereocenters. The molecule has 9 nitrogen and oxygen atoms in total. The fraction of sp³-hybridized carbons (Fsp3) is 0.250. The number of carbonyl (C=O) groups excluding carboxylic acids is 3. The van der Waals surface area contributed by atoms with Crippen LogP contribution in [0.4, 0.5) is 4.79 Å². The summed E-state index contributed by atoms with van der Waals surface area (Å²) in [6.45, 7) is 1.57. The Kier molecular flexibility index (Phi) is 6.68. The van der Waals surface area contributed by atoms with Crippen LogP contribution in [-0.4, -0.2) is 36.2 Å². The quantitative estimate of drug-likeness (QED) is 0.507. The summed E-state index contributed by atoms with van der Waals surface area (Å²) in [6.07, 6.45) is 0.293. The monoisotopic (exact) mass is 449 g/mol. The second kappa shape index (κ2) is 9.99. The molecule has 2 heterocycles. The lowest BCUT2D eigenvalue weighted by Crippen LogP contribution is -2.47. The molecule has 0 saturated carbocycles. The van der Waals surface area contributed by atoms with Gasteiger partial charge in [-0.1, -0.05) is 42.5 Å². The average Bonchev–Trinajstić information content (AvgIpc) is 3.25. The minimum absolute atomic E-state index is 0.0309. The summed E-state index contributed by atoms with van der Waals surface area (Å²) in [6, 6.07) is 15.1. The van der Waals surface area contributed by atoms with Gasteiger partial charge < -0.3 is 24.5 Å². The van der Waals surface area contributed by atoms with Gasteiger partial charge in [-0.15, -0.1) is 0 Å². The van der Waals surface area contributed by atoms with Gasteiger partial charge in [0, 0.05) is 6.42 Å². The fourth-order valence-electron chi connectivity index (χ4n) is 3.54. The number of fused-ring (bicyclic) bond motifs is 1. The number of hydrogen-bond acceptors (Lipinski definition) is 7. The second-order valence-corrected chi connectivity index (χ2v) is 7.29. The van der Waals surface area contributed by atoms with Crippen LogP contribution in [0.25, 0.3) is 11.1 Å². The van der Waals surface area contributed by atoms with E-state index in [4.69, 9.17) is 13.9 Å². The molecule has 33 heavy (non-hydrogen) atoms. The maximum Gasteiger partial charge on any atom is 0.338 e. The van der Waals surface area contributed by atoms with Crippen molar-refractivity contribution in [2.24, 2.45) is 0 Å². The van der Waals surface area contributed by atoms with Crippen LogP contribution >= 0.6 is 0 Å². The Morgan fingerprint density at radius 1 is 1.06 bits per heavy atom. The zero-order valence-electron chi connectivity index (χ0n) is 18.0. The zero-order valence-corrected chi connectivity index (χ0v) is 18.0. The molecule has 1 aliphatic heterocycles. The van der Waals surface area contributed by atoms with Gasteiger partial charge in [0.2, 0.25) is 0 Å². The third-order valence-electron chi connectivity index (χ3n) is 5.04. The lowest BCUT2D eigenvalue weighted by molar-refractivity contribution is -0.143. The van der Waals surface area contributed by atoms with Gasteiger partial charge >= 0.3 is 18.0 Å². The van der Waals surface area contributed by atoms with E-state index in [1.165, 1.54) is 0 Å². The number of esters is 2. The van der Waals surface area contributed by atoms with Crippen molar-refractivity contribution < 1.29 is 28.3 Å². The Bertz CT molecular complexity index is 1170. The molecule has 0 radical (unpaired) electrons. The zero-order chi connectivity index (χ0) is 23.2. The number of amides is 2. The van der Waals surface area contributed by atoms with Gasteiger partial charge in [-0.05, 0) is 24.6 Å². The standard InChI is InChI=1S/C24H23N3O6/c1-2-31-23(29)21-17(26-24(30)27-22(21)15-8-4-3-5-9-15)14-32-20(28)13-12-19-25-16-10-6-7-11-18(16)33-19/h3-11,22H,2,12-14H2,1H3,(H2,26,27,30)/t22-/m1/s1. The molecule has 0 bridgehead atoms. The number of carbonyl (C=O) groups is 3. The molecule has 1 atom stereocenters. The summed E-state index contributed by atoms with van der Waals surface area (Å²) in [4.78, 5) is 41.6. The molecule has 2 N–H and O–H groups in total. The van der Waals surface area contributed by atoms with Crippen molar-refractivity contribution in [1.29, 1.82) is 0 Å². The number of benzene rings is 2. The van der Waals surface area contributed by atoms with Crippen LogP contribution in [0.5, 0.6) is 0 Å². The largest absolute Gasteiger partial charge is 0.463 e. The molecule has 2 amide bonds. The molecule has 170 valence electrons. The molecule has 0 spiro atoms. The van der Waals surface area contributed by atoms with E-state index >= 15 is 0 Å². The Labute approximate surface area is 189 Å². The van der Waals surface area contributed by atoms with Crippen molar-refractivity contribution in [3.05, 3.63) is 77.3 Å². The summed E-state index contributed by atoms with van der Waals surface area (Å²) < 4.78 is 16.2. The van der Waals surface area contributed by atoms with E-state index in [0.717, 1.165) is 5.52 Å². The van der Waals surface area contributed by atoms with Crippen molar-refractivity contribution in [1.82, 2.24) is 15.6 Å². The highest BCUT2D eigenvalue weighted by Crippen LogP contribution is 2.28. The molecule has 3 aromatic rings. The van der Waals surface area contributed by atoms with Gasteiger partial charge in [-0.2, -0.15) is 0 Å². The highest BCUT2D eigenvalue weighted by molar-refractivity contribution is 5.95. The van der Waals surface area contributed by atoms with E-state index in [1.807, 2.05) is 24.3 Å². The van der Waals surface area contributed by atoms with E-state index in [2.05, 4.69) is 15.6 Å². The topological polar surface area (TPSA) is 120 Å². The second-order valence-electron chi connectivity index (χ2n) is 7.29. The summed E-state index contributed by atoms with van der Waals surface area (Å²) in [5.74, 6) is -0.688. The number of aryl methyl sites for hydroxylation is 1. The molecular weight excluding hydrogens is 426 g/mol. The molecular formula is C24H23N3O6. The fourth-order valence-corrected chi connectivity index (χ4v) is 3.54. The number of urea groups is 1. The molecule has 0 fully saturated rings. The van der Waals surface area contributed by atoms with E-state index in [1.54, 1.807) is 37.3 Å². The van der Waals surface area contributed by atoms with Crippen LogP contribution in [-0.2, 0) is 25.5 Å². The van der Waals surface area contributed by atoms with Crippen LogP contribution in [0.1, 0.15) is 30.8 Å². The number of rotatable bonds is 8. The minimum atomic E-state index is -0.729. The summed E-state index contributed by atoms with van der Waals surface area (Å²) in [7, 11) is 0. The summed E-state index contributed by atoms with van der Waals surface area (Å²) in [5, 5.41) is 5.30. The van der Waals surface area contributed by atoms with Crippen molar-refractivity contribution in [2.45, 2.75) is 25.8 Å². The molecule has 2 aromatic carbocycles. The van der Waals surface area contributed by atoms with Crippen LogP contribution in [0.2, 0.25) is 0 Å². The van der Waals surface area contributed by atoms with Gasteiger partial charge in [0.15, 0.2) is 11.5 Å². The molecule has 0 aliphatic carbocycles. The first-order valence-corrected chi connectivity index (χ1v) is 10.6. The number of nitrogens with zero attached hydrogens (tertiary/aromatic N) is 1. The number of ether oxygens (including phenoxy) is 2. The number of para-hydroxylation sites is 2. The summed E-state index contributed by atoms with van der Waals surface area (Å²) in [5.41, 5.74) is 2.44. The number of oxazole rings is 1. The van der Waals surface area contributed by atoms with Crippen LogP contribution in [0.15, 0.2) is 70.3 Å². The van der Waals surface area contributed by atoms with E-state index < -0.39 is 24.0 Å². The van der Waals surface area contributed by atoms with Gasteiger partial charge in [-0.3, -0.25) is 4.79 Å². The van der Waals surface area contributed by atoms with E-state index in [0.29, 0.717) is 17.0 Å². The maximum absolute atomic E-state index is 12.7. The van der Waals surface area contributed by atoms with Crippen molar-refractivity contribution >= 4 is 29.1 Å². The predicted molar refractivity (Wildman–Crippen MR) is 118 cm³/mol. The molecule has 9 heteroatoms. The van der Waals surface area contributed by atoms with E-state index in [9.17, 15) is 14.4 Å². The molecule has 1 aliphatic rings. The Hall–Kier alpha value is -4.14.